The predicted octanol–water partition coefficient (Wildman–Crippen LogP) is 3.81. The quantitative estimate of drug-likeness (QED) is 0.768. The summed E-state index contributed by atoms with van der Waals surface area (Å²) in [5.74, 6) is 0.958. The van der Waals surface area contributed by atoms with E-state index >= 15 is 0 Å². The van der Waals surface area contributed by atoms with E-state index in [2.05, 4.69) is 30.9 Å². The number of anilines is 1. The lowest BCUT2D eigenvalue weighted by Crippen LogP contribution is -2.49. The topological polar surface area (TPSA) is 41.4 Å². The van der Waals surface area contributed by atoms with Crippen molar-refractivity contribution in [3.8, 4) is 5.69 Å². The van der Waals surface area contributed by atoms with E-state index in [9.17, 15) is 4.79 Å². The molecular formula is C22H30N4OS. The Morgan fingerprint density at radius 3 is 2.43 bits per heavy atom. The van der Waals surface area contributed by atoms with E-state index in [0.717, 1.165) is 37.6 Å². The first kappa shape index (κ1) is 19.4. The highest BCUT2D eigenvalue weighted by Gasteiger charge is 2.26. The number of piperazine rings is 1. The number of benzene rings is 1. The van der Waals surface area contributed by atoms with Gasteiger partial charge in [-0.2, -0.15) is 5.10 Å². The summed E-state index contributed by atoms with van der Waals surface area (Å²) in [7, 11) is 0. The Hall–Kier alpha value is -1.95. The van der Waals surface area contributed by atoms with Crippen molar-refractivity contribution in [2.24, 2.45) is 0 Å². The third-order valence-electron chi connectivity index (χ3n) is 5.95. The molecule has 150 valence electrons. The fourth-order valence-electron chi connectivity index (χ4n) is 4.43. The van der Waals surface area contributed by atoms with Gasteiger partial charge in [0.2, 0.25) is 5.91 Å². The number of rotatable bonds is 5. The van der Waals surface area contributed by atoms with Gasteiger partial charge in [-0.05, 0) is 38.8 Å². The molecule has 2 aliphatic rings. The van der Waals surface area contributed by atoms with E-state index < -0.39 is 0 Å². The number of amides is 1. The molecule has 0 atom stereocenters. The molecule has 2 heterocycles. The number of thioether (sulfide) groups is 1. The second-order valence-electron chi connectivity index (χ2n) is 7.85. The minimum atomic E-state index is 0.310. The maximum absolute atomic E-state index is 12.6. The molecule has 0 N–H and O–H groups in total. The van der Waals surface area contributed by atoms with Gasteiger partial charge in [-0.3, -0.25) is 4.79 Å². The first-order chi connectivity index (χ1) is 13.6. The van der Waals surface area contributed by atoms with Gasteiger partial charge in [0.25, 0.3) is 0 Å². The third kappa shape index (κ3) is 4.07. The van der Waals surface area contributed by atoms with E-state index in [1.807, 2.05) is 39.5 Å². The Balaban J connectivity index is 1.37. The van der Waals surface area contributed by atoms with Crippen LogP contribution in [0.4, 0.5) is 5.69 Å². The minimum Gasteiger partial charge on any atom is -0.365 e. The molecule has 2 fully saturated rings. The number of para-hydroxylation sites is 1. The summed E-state index contributed by atoms with van der Waals surface area (Å²) < 4.78 is 2.03. The monoisotopic (exact) mass is 398 g/mol. The van der Waals surface area contributed by atoms with Crippen LogP contribution in [0.3, 0.4) is 0 Å². The van der Waals surface area contributed by atoms with Crippen molar-refractivity contribution in [3.63, 3.8) is 0 Å². The second-order valence-corrected chi connectivity index (χ2v) is 9.14. The van der Waals surface area contributed by atoms with Crippen LogP contribution in [0.1, 0.15) is 37.1 Å². The van der Waals surface area contributed by atoms with Gasteiger partial charge in [-0.15, -0.1) is 11.8 Å². The van der Waals surface area contributed by atoms with Crippen LogP contribution in [0.2, 0.25) is 0 Å². The summed E-state index contributed by atoms with van der Waals surface area (Å²) >= 11 is 1.87. The molecular weight excluding hydrogens is 368 g/mol. The highest BCUT2D eigenvalue weighted by Crippen LogP contribution is 2.30. The van der Waals surface area contributed by atoms with Crippen LogP contribution in [-0.2, 0) is 4.79 Å². The largest absolute Gasteiger partial charge is 0.365 e. The highest BCUT2D eigenvalue weighted by molar-refractivity contribution is 8.00. The molecule has 0 bridgehead atoms. The van der Waals surface area contributed by atoms with Crippen LogP contribution < -0.4 is 4.90 Å². The van der Waals surface area contributed by atoms with Crippen LogP contribution in [0.15, 0.2) is 30.3 Å². The fraction of sp³-hybridized carbons (Fsp3) is 0.545. The van der Waals surface area contributed by atoms with Crippen molar-refractivity contribution in [1.82, 2.24) is 14.7 Å². The summed E-state index contributed by atoms with van der Waals surface area (Å²) in [5.41, 5.74) is 4.53. The van der Waals surface area contributed by atoms with Crippen molar-refractivity contribution in [2.75, 3.05) is 36.8 Å². The van der Waals surface area contributed by atoms with Crippen LogP contribution in [0.25, 0.3) is 5.69 Å². The molecule has 1 aromatic heterocycles. The number of aromatic nitrogens is 2. The van der Waals surface area contributed by atoms with Crippen molar-refractivity contribution < 1.29 is 4.79 Å². The van der Waals surface area contributed by atoms with Crippen LogP contribution >= 0.6 is 11.8 Å². The lowest BCUT2D eigenvalue weighted by Gasteiger charge is -2.36. The first-order valence-corrected chi connectivity index (χ1v) is 11.4. The Morgan fingerprint density at radius 1 is 1.07 bits per heavy atom. The van der Waals surface area contributed by atoms with Gasteiger partial charge in [0.05, 0.1) is 28.5 Å². The van der Waals surface area contributed by atoms with E-state index in [0.29, 0.717) is 16.9 Å². The summed E-state index contributed by atoms with van der Waals surface area (Å²) in [5, 5.41) is 5.48. The van der Waals surface area contributed by atoms with Gasteiger partial charge < -0.3 is 9.80 Å². The summed E-state index contributed by atoms with van der Waals surface area (Å²) in [6, 6.07) is 10.3. The molecule has 5 nitrogen and oxygen atoms in total. The third-order valence-corrected chi connectivity index (χ3v) is 7.30. The smallest absolute Gasteiger partial charge is 0.232 e. The van der Waals surface area contributed by atoms with E-state index in [4.69, 9.17) is 5.10 Å². The number of carbonyl (C=O) groups excluding carboxylic acids is 1. The Morgan fingerprint density at radius 2 is 1.75 bits per heavy atom. The van der Waals surface area contributed by atoms with Gasteiger partial charge in [0.1, 0.15) is 0 Å². The average molecular weight is 399 g/mol. The normalized spacial score (nSPS) is 18.1. The summed E-state index contributed by atoms with van der Waals surface area (Å²) in [4.78, 5) is 17.0. The van der Waals surface area contributed by atoms with Crippen molar-refractivity contribution in [2.45, 2.75) is 44.8 Å². The zero-order chi connectivity index (χ0) is 19.5. The molecule has 2 aromatic rings. The van der Waals surface area contributed by atoms with Crippen molar-refractivity contribution in [1.29, 1.82) is 0 Å². The highest BCUT2D eigenvalue weighted by atomic mass is 32.2. The number of nitrogens with zero attached hydrogens (tertiary/aromatic N) is 4. The number of aryl methyl sites for hydroxylation is 1. The molecule has 28 heavy (non-hydrogen) atoms. The molecule has 1 aliphatic carbocycles. The zero-order valence-corrected chi connectivity index (χ0v) is 17.7. The second kappa shape index (κ2) is 8.60. The SMILES string of the molecule is Cc1nn(-c2ccccc2)c(C)c1N1CCN(C(=O)CSC2CCCC2)CC1. The standard InChI is InChI=1S/C22H30N4OS/c1-17-22(18(2)26(23-17)19-8-4-3-5-9-19)25-14-12-24(13-15-25)21(27)16-28-20-10-6-7-11-20/h3-5,8-9,20H,6-7,10-16H2,1-2H3. The molecule has 6 heteroatoms. The molecule has 1 saturated heterocycles. The molecule has 1 aliphatic heterocycles. The van der Waals surface area contributed by atoms with Gasteiger partial charge in [-0.1, -0.05) is 31.0 Å². The number of hydrogen-bond acceptors (Lipinski definition) is 4. The molecule has 1 aromatic carbocycles. The van der Waals surface area contributed by atoms with Crippen molar-refractivity contribution >= 4 is 23.4 Å². The predicted molar refractivity (Wildman–Crippen MR) is 117 cm³/mol. The van der Waals surface area contributed by atoms with Gasteiger partial charge in [0.15, 0.2) is 0 Å². The van der Waals surface area contributed by atoms with Gasteiger partial charge >= 0.3 is 0 Å². The Bertz CT molecular complexity index is 805. The number of hydrogen-bond donors (Lipinski definition) is 0. The fourth-order valence-corrected chi connectivity index (χ4v) is 5.66. The molecule has 0 spiro atoms. The lowest BCUT2D eigenvalue weighted by atomic mass is 10.2. The minimum absolute atomic E-state index is 0.310. The van der Waals surface area contributed by atoms with Crippen LogP contribution in [0, 0.1) is 13.8 Å². The Kier molecular flexibility index (Phi) is 5.95. The number of carbonyl (C=O) groups is 1. The van der Waals surface area contributed by atoms with Gasteiger partial charge in [0, 0.05) is 31.4 Å². The first-order valence-electron chi connectivity index (χ1n) is 10.4. The van der Waals surface area contributed by atoms with Gasteiger partial charge in [-0.25, -0.2) is 4.68 Å². The Labute approximate surface area is 172 Å². The van der Waals surface area contributed by atoms with Crippen LogP contribution in [0.5, 0.6) is 0 Å². The average Bonchev–Trinajstić information content (AvgIpc) is 3.35. The maximum Gasteiger partial charge on any atom is 0.232 e. The molecule has 4 rings (SSSR count). The van der Waals surface area contributed by atoms with E-state index in [1.165, 1.54) is 37.1 Å². The van der Waals surface area contributed by atoms with E-state index in [-0.39, 0.29) is 0 Å². The summed E-state index contributed by atoms with van der Waals surface area (Å²) in [6.07, 6.45) is 5.24. The molecule has 0 unspecified atom stereocenters. The lowest BCUT2D eigenvalue weighted by molar-refractivity contribution is -0.128. The zero-order valence-electron chi connectivity index (χ0n) is 16.9. The maximum atomic E-state index is 12.6. The molecule has 1 saturated carbocycles. The summed E-state index contributed by atoms with van der Waals surface area (Å²) in [6.45, 7) is 7.58. The molecule has 1 amide bonds. The molecule has 0 radical (unpaired) electrons. The van der Waals surface area contributed by atoms with Crippen LogP contribution in [-0.4, -0.2) is 57.8 Å². The van der Waals surface area contributed by atoms with Crippen molar-refractivity contribution in [3.05, 3.63) is 41.7 Å². The van der Waals surface area contributed by atoms with E-state index in [1.54, 1.807) is 0 Å².